The Labute approximate surface area is 157 Å². The van der Waals surface area contributed by atoms with Crippen molar-refractivity contribution in [3.05, 3.63) is 17.5 Å². The number of piperidine rings is 1. The molecule has 2 aliphatic heterocycles. The summed E-state index contributed by atoms with van der Waals surface area (Å²) in [6, 6.07) is 0. The first-order chi connectivity index (χ1) is 12.5. The van der Waals surface area contributed by atoms with Gasteiger partial charge in [-0.2, -0.15) is 5.10 Å². The zero-order valence-corrected chi connectivity index (χ0v) is 16.9. The second-order valence-corrected chi connectivity index (χ2v) is 8.09. The lowest BCUT2D eigenvalue weighted by Crippen LogP contribution is -2.50. The molecule has 1 aromatic rings. The maximum absolute atomic E-state index is 6.25. The largest absolute Gasteiger partial charge is 0.376 e. The fourth-order valence-corrected chi connectivity index (χ4v) is 4.03. The van der Waals surface area contributed by atoms with Gasteiger partial charge in [0.05, 0.1) is 37.2 Å². The first-order valence-electron chi connectivity index (χ1n) is 10.0. The molecule has 0 aromatic carbocycles. The van der Waals surface area contributed by atoms with Crippen LogP contribution in [0.1, 0.15) is 50.8 Å². The van der Waals surface area contributed by atoms with Crippen LogP contribution in [-0.2, 0) is 27.8 Å². The summed E-state index contributed by atoms with van der Waals surface area (Å²) < 4.78 is 19.9. The molecule has 0 saturated carbocycles. The van der Waals surface area contributed by atoms with Crippen LogP contribution in [0.25, 0.3) is 0 Å². The summed E-state index contributed by atoms with van der Waals surface area (Å²) in [5, 5.41) is 4.36. The van der Waals surface area contributed by atoms with Gasteiger partial charge >= 0.3 is 0 Å². The molecule has 0 amide bonds. The molecule has 2 saturated heterocycles. The molecule has 1 unspecified atom stereocenters. The second kappa shape index (κ2) is 8.83. The molecule has 148 valence electrons. The van der Waals surface area contributed by atoms with Crippen LogP contribution in [0.3, 0.4) is 0 Å². The minimum atomic E-state index is 0.0162. The summed E-state index contributed by atoms with van der Waals surface area (Å²) in [5.41, 5.74) is 2.61. The van der Waals surface area contributed by atoms with Gasteiger partial charge in [-0.15, -0.1) is 0 Å². The van der Waals surface area contributed by atoms with Crippen LogP contribution in [0.5, 0.6) is 0 Å². The highest BCUT2D eigenvalue weighted by Gasteiger charge is 2.40. The first-order valence-corrected chi connectivity index (χ1v) is 10.0. The average Bonchev–Trinajstić information content (AvgIpc) is 2.93. The van der Waals surface area contributed by atoms with Crippen molar-refractivity contribution in [2.75, 3.05) is 32.9 Å². The van der Waals surface area contributed by atoms with Crippen LogP contribution in [0.2, 0.25) is 0 Å². The van der Waals surface area contributed by atoms with E-state index in [4.69, 9.17) is 14.2 Å². The monoisotopic (exact) mass is 365 g/mol. The van der Waals surface area contributed by atoms with Crippen LogP contribution in [-0.4, -0.2) is 65.4 Å². The SMILES string of the molecule is Cc1c(CN2CCC3(CC2)CC(OCCOC(C)C)CCO3)cnn1C. The highest BCUT2D eigenvalue weighted by Crippen LogP contribution is 2.36. The minimum Gasteiger partial charge on any atom is -0.376 e. The van der Waals surface area contributed by atoms with Gasteiger partial charge in [0, 0.05) is 51.0 Å². The topological polar surface area (TPSA) is 48.8 Å². The van der Waals surface area contributed by atoms with Crippen LogP contribution < -0.4 is 0 Å². The molecule has 6 heteroatoms. The zero-order chi connectivity index (χ0) is 18.6. The van der Waals surface area contributed by atoms with E-state index >= 15 is 0 Å². The Bertz CT molecular complexity index is 565. The molecule has 6 nitrogen and oxygen atoms in total. The molecule has 1 spiro atoms. The Hall–Kier alpha value is -0.950. The van der Waals surface area contributed by atoms with Crippen LogP contribution in [0.4, 0.5) is 0 Å². The van der Waals surface area contributed by atoms with Crippen molar-refractivity contribution < 1.29 is 14.2 Å². The molecule has 0 N–H and O–H groups in total. The Morgan fingerprint density at radius 3 is 2.73 bits per heavy atom. The van der Waals surface area contributed by atoms with Gasteiger partial charge in [-0.3, -0.25) is 9.58 Å². The van der Waals surface area contributed by atoms with E-state index in [2.05, 4.69) is 30.8 Å². The normalized spacial score (nSPS) is 23.8. The molecule has 0 bridgehead atoms. The maximum atomic E-state index is 6.25. The van der Waals surface area contributed by atoms with Gasteiger partial charge < -0.3 is 14.2 Å². The third kappa shape index (κ3) is 5.06. The number of ether oxygens (including phenoxy) is 3. The van der Waals surface area contributed by atoms with Gasteiger partial charge in [0.1, 0.15) is 0 Å². The molecule has 1 atom stereocenters. The predicted molar refractivity (Wildman–Crippen MR) is 101 cm³/mol. The van der Waals surface area contributed by atoms with Gasteiger partial charge in [-0.25, -0.2) is 0 Å². The third-order valence-corrected chi connectivity index (χ3v) is 5.83. The lowest BCUT2D eigenvalue weighted by molar-refractivity contribution is -0.159. The number of likely N-dealkylation sites (tertiary alicyclic amines) is 1. The van der Waals surface area contributed by atoms with Crippen molar-refractivity contribution in [1.29, 1.82) is 0 Å². The highest BCUT2D eigenvalue weighted by molar-refractivity contribution is 5.15. The molecular weight excluding hydrogens is 330 g/mol. The van der Waals surface area contributed by atoms with Crippen molar-refractivity contribution in [3.8, 4) is 0 Å². The summed E-state index contributed by atoms with van der Waals surface area (Å²) in [6.45, 7) is 11.6. The van der Waals surface area contributed by atoms with E-state index in [0.717, 1.165) is 51.9 Å². The Morgan fingerprint density at radius 2 is 2.08 bits per heavy atom. The predicted octanol–water partition coefficient (Wildman–Crippen LogP) is 2.68. The van der Waals surface area contributed by atoms with Gasteiger partial charge in [-0.1, -0.05) is 0 Å². The molecule has 1 aromatic heterocycles. The van der Waals surface area contributed by atoms with E-state index in [-0.39, 0.29) is 11.7 Å². The number of aromatic nitrogens is 2. The fraction of sp³-hybridized carbons (Fsp3) is 0.850. The fourth-order valence-electron chi connectivity index (χ4n) is 4.03. The van der Waals surface area contributed by atoms with Crippen molar-refractivity contribution in [2.45, 2.75) is 70.8 Å². The summed E-state index contributed by atoms with van der Waals surface area (Å²) in [6.07, 6.45) is 6.79. The van der Waals surface area contributed by atoms with Gasteiger partial charge in [0.25, 0.3) is 0 Å². The summed E-state index contributed by atoms with van der Waals surface area (Å²) in [7, 11) is 2.01. The molecule has 26 heavy (non-hydrogen) atoms. The molecule has 2 fully saturated rings. The first kappa shape index (κ1) is 19.8. The molecule has 0 radical (unpaired) electrons. The summed E-state index contributed by atoms with van der Waals surface area (Å²) >= 11 is 0. The maximum Gasteiger partial charge on any atom is 0.0731 e. The van der Waals surface area contributed by atoms with Crippen molar-refractivity contribution in [3.63, 3.8) is 0 Å². The number of rotatable bonds is 7. The van der Waals surface area contributed by atoms with Gasteiger partial charge in [0.2, 0.25) is 0 Å². The van der Waals surface area contributed by atoms with E-state index in [1.54, 1.807) is 0 Å². The van der Waals surface area contributed by atoms with E-state index in [1.807, 2.05) is 17.9 Å². The van der Waals surface area contributed by atoms with Crippen molar-refractivity contribution in [1.82, 2.24) is 14.7 Å². The summed E-state index contributed by atoms with van der Waals surface area (Å²) in [5.74, 6) is 0. The number of nitrogens with zero attached hydrogens (tertiary/aromatic N) is 3. The molecule has 0 aliphatic carbocycles. The minimum absolute atomic E-state index is 0.0162. The number of hydrogen-bond acceptors (Lipinski definition) is 5. The highest BCUT2D eigenvalue weighted by atomic mass is 16.5. The van der Waals surface area contributed by atoms with E-state index in [1.165, 1.54) is 11.3 Å². The lowest BCUT2D eigenvalue weighted by atomic mass is 9.83. The Kier molecular flexibility index (Phi) is 6.72. The zero-order valence-electron chi connectivity index (χ0n) is 16.9. The second-order valence-electron chi connectivity index (χ2n) is 8.09. The smallest absolute Gasteiger partial charge is 0.0731 e. The summed E-state index contributed by atoms with van der Waals surface area (Å²) in [4.78, 5) is 2.53. The van der Waals surface area contributed by atoms with Gasteiger partial charge in [0.15, 0.2) is 0 Å². The van der Waals surface area contributed by atoms with Crippen LogP contribution in [0, 0.1) is 6.92 Å². The van der Waals surface area contributed by atoms with E-state index in [9.17, 15) is 0 Å². The van der Waals surface area contributed by atoms with Crippen molar-refractivity contribution in [2.24, 2.45) is 7.05 Å². The van der Waals surface area contributed by atoms with Crippen molar-refractivity contribution >= 4 is 0 Å². The van der Waals surface area contributed by atoms with E-state index in [0.29, 0.717) is 19.3 Å². The molecule has 3 heterocycles. The van der Waals surface area contributed by atoms with Gasteiger partial charge in [-0.05, 0) is 40.0 Å². The number of aryl methyl sites for hydroxylation is 1. The number of hydrogen-bond donors (Lipinski definition) is 0. The van der Waals surface area contributed by atoms with E-state index < -0.39 is 0 Å². The molecule has 3 rings (SSSR count). The van der Waals surface area contributed by atoms with Crippen LogP contribution >= 0.6 is 0 Å². The Morgan fingerprint density at radius 1 is 1.31 bits per heavy atom. The quantitative estimate of drug-likeness (QED) is 0.696. The third-order valence-electron chi connectivity index (χ3n) is 5.83. The standard InChI is InChI=1S/C20H35N3O3/c1-16(2)24-11-12-25-19-5-10-26-20(13-19)6-8-23(9-7-20)15-18-14-21-22(4)17(18)3/h14,16,19H,5-13,15H2,1-4H3. The Balaban J connectivity index is 1.44. The lowest BCUT2D eigenvalue weighted by Gasteiger charge is -2.46. The van der Waals surface area contributed by atoms with Crippen LogP contribution in [0.15, 0.2) is 6.20 Å². The molecule has 2 aliphatic rings. The average molecular weight is 366 g/mol. The molecular formula is C20H35N3O3.